The maximum Gasteiger partial charge on any atom is 0.194 e. The third kappa shape index (κ3) is 4.00. The molecule has 0 spiro atoms. The predicted molar refractivity (Wildman–Crippen MR) is 97.0 cm³/mol. The van der Waals surface area contributed by atoms with E-state index in [1.165, 1.54) is 25.9 Å². The summed E-state index contributed by atoms with van der Waals surface area (Å²) in [5.74, 6) is 1.82. The van der Waals surface area contributed by atoms with Crippen LogP contribution in [0.2, 0.25) is 0 Å². The summed E-state index contributed by atoms with van der Waals surface area (Å²) in [6, 6.07) is 0. The van der Waals surface area contributed by atoms with Gasteiger partial charge in [-0.1, -0.05) is 13.8 Å². The molecule has 2 saturated heterocycles. The molecule has 2 fully saturated rings. The molecule has 0 bridgehead atoms. The minimum atomic E-state index is 0.165. The van der Waals surface area contributed by atoms with Crippen LogP contribution >= 0.6 is 0 Å². The number of likely N-dealkylation sites (tertiary alicyclic amines) is 2. The van der Waals surface area contributed by atoms with Crippen LogP contribution in [-0.2, 0) is 4.74 Å². The summed E-state index contributed by atoms with van der Waals surface area (Å²) in [5.41, 5.74) is 0.510. The van der Waals surface area contributed by atoms with Crippen molar-refractivity contribution >= 4 is 5.96 Å². The Bertz CT molecular complexity index is 411. The van der Waals surface area contributed by atoms with Crippen LogP contribution in [-0.4, -0.2) is 74.8 Å². The van der Waals surface area contributed by atoms with Crippen LogP contribution < -0.4 is 5.32 Å². The van der Waals surface area contributed by atoms with Gasteiger partial charge in [0.15, 0.2) is 5.96 Å². The lowest BCUT2D eigenvalue weighted by Gasteiger charge is -2.62. The first-order valence-electron chi connectivity index (χ1n) is 9.01. The molecule has 1 N–H and O–H groups in total. The highest BCUT2D eigenvalue weighted by Crippen LogP contribution is 2.46. The molecule has 0 atom stereocenters. The largest absolute Gasteiger partial charge is 0.383 e. The fourth-order valence-corrected chi connectivity index (χ4v) is 3.57. The van der Waals surface area contributed by atoms with Crippen LogP contribution in [0, 0.1) is 11.3 Å². The van der Waals surface area contributed by atoms with Gasteiger partial charge in [-0.25, -0.2) is 0 Å². The Morgan fingerprint density at radius 2 is 1.87 bits per heavy atom. The molecule has 0 aromatic heterocycles. The van der Waals surface area contributed by atoms with E-state index in [9.17, 15) is 0 Å². The Kier molecular flexibility index (Phi) is 5.95. The highest BCUT2D eigenvalue weighted by molar-refractivity contribution is 5.82. The van der Waals surface area contributed by atoms with Crippen molar-refractivity contribution in [1.82, 2.24) is 15.1 Å². The predicted octanol–water partition coefficient (Wildman–Crippen LogP) is 2.04. The molecule has 134 valence electrons. The third-order valence-corrected chi connectivity index (χ3v) is 6.22. The molecule has 2 aliphatic heterocycles. The quantitative estimate of drug-likeness (QED) is 0.621. The summed E-state index contributed by atoms with van der Waals surface area (Å²) in [7, 11) is 3.68. The Morgan fingerprint density at radius 3 is 2.35 bits per heavy atom. The van der Waals surface area contributed by atoms with Gasteiger partial charge in [-0.3, -0.25) is 4.99 Å². The van der Waals surface area contributed by atoms with E-state index in [0.29, 0.717) is 5.41 Å². The molecular weight excluding hydrogens is 288 g/mol. The van der Waals surface area contributed by atoms with Gasteiger partial charge in [0.05, 0.1) is 6.61 Å². The van der Waals surface area contributed by atoms with Gasteiger partial charge >= 0.3 is 0 Å². The van der Waals surface area contributed by atoms with Crippen molar-refractivity contribution < 1.29 is 4.74 Å². The lowest BCUT2D eigenvalue weighted by Crippen LogP contribution is -2.72. The Balaban J connectivity index is 1.76. The molecule has 0 saturated carbocycles. The highest BCUT2D eigenvalue weighted by atomic mass is 16.5. The minimum Gasteiger partial charge on any atom is -0.383 e. The van der Waals surface area contributed by atoms with E-state index in [1.807, 2.05) is 7.05 Å². The Hall–Kier alpha value is -0.810. The number of piperidine rings is 1. The van der Waals surface area contributed by atoms with Gasteiger partial charge < -0.3 is 19.9 Å². The topological polar surface area (TPSA) is 40.1 Å². The summed E-state index contributed by atoms with van der Waals surface area (Å²) in [6.45, 7) is 15.7. The maximum absolute atomic E-state index is 5.17. The number of rotatable bonds is 5. The van der Waals surface area contributed by atoms with E-state index in [1.54, 1.807) is 7.11 Å². The number of hydrogen-bond donors (Lipinski definition) is 1. The van der Waals surface area contributed by atoms with Gasteiger partial charge in [-0.2, -0.15) is 0 Å². The summed E-state index contributed by atoms with van der Waals surface area (Å²) in [4.78, 5) is 9.44. The average molecular weight is 325 g/mol. The van der Waals surface area contributed by atoms with Crippen LogP contribution in [0.5, 0.6) is 0 Å². The summed E-state index contributed by atoms with van der Waals surface area (Å²) in [5, 5.41) is 3.63. The summed E-state index contributed by atoms with van der Waals surface area (Å²) in [6.07, 6.45) is 2.53. The molecule has 2 rings (SSSR count). The van der Waals surface area contributed by atoms with Gasteiger partial charge in [0.2, 0.25) is 0 Å². The molecule has 0 radical (unpaired) electrons. The SMILES string of the molecule is CN=C(NCC1CCN(CCOC)CC1)N1CC(C)(C)C1(C)C. The van der Waals surface area contributed by atoms with Gasteiger partial charge in [0.25, 0.3) is 0 Å². The van der Waals surface area contributed by atoms with Crippen molar-refractivity contribution in [3.63, 3.8) is 0 Å². The van der Waals surface area contributed by atoms with Gasteiger partial charge in [-0.05, 0) is 45.7 Å². The molecule has 0 aliphatic carbocycles. The molecule has 2 heterocycles. The number of nitrogens with one attached hydrogen (secondary N) is 1. The normalized spacial score (nSPS) is 25.3. The van der Waals surface area contributed by atoms with E-state index in [2.05, 4.69) is 47.8 Å². The van der Waals surface area contributed by atoms with Gasteiger partial charge in [-0.15, -0.1) is 0 Å². The van der Waals surface area contributed by atoms with Crippen molar-refractivity contribution in [3.8, 4) is 0 Å². The smallest absolute Gasteiger partial charge is 0.194 e. The van der Waals surface area contributed by atoms with E-state index in [4.69, 9.17) is 4.74 Å². The zero-order valence-electron chi connectivity index (χ0n) is 16.0. The number of hydrogen-bond acceptors (Lipinski definition) is 3. The Labute approximate surface area is 142 Å². The Morgan fingerprint density at radius 1 is 1.22 bits per heavy atom. The van der Waals surface area contributed by atoms with E-state index in [-0.39, 0.29) is 5.54 Å². The fraction of sp³-hybridized carbons (Fsp3) is 0.944. The first kappa shape index (κ1) is 18.5. The zero-order chi connectivity index (χ0) is 17.1. The highest BCUT2D eigenvalue weighted by Gasteiger charge is 2.53. The lowest BCUT2D eigenvalue weighted by atomic mass is 9.65. The molecule has 0 aromatic carbocycles. The van der Waals surface area contributed by atoms with Crippen LogP contribution in [0.25, 0.3) is 0 Å². The second-order valence-corrected chi connectivity index (χ2v) is 8.23. The maximum atomic E-state index is 5.17. The third-order valence-electron chi connectivity index (χ3n) is 6.22. The summed E-state index contributed by atoms with van der Waals surface area (Å²) < 4.78 is 5.17. The standard InChI is InChI=1S/C18H36N4O/c1-17(2)14-22(18(17,3)4)16(19-5)20-13-15-7-9-21(10-8-15)11-12-23-6/h15H,7-14H2,1-6H3,(H,19,20). The minimum absolute atomic E-state index is 0.165. The first-order valence-corrected chi connectivity index (χ1v) is 9.01. The van der Waals surface area contributed by atoms with E-state index < -0.39 is 0 Å². The zero-order valence-corrected chi connectivity index (χ0v) is 16.0. The summed E-state index contributed by atoms with van der Waals surface area (Å²) >= 11 is 0. The number of methoxy groups -OCH3 is 1. The van der Waals surface area contributed by atoms with Crippen LogP contribution in [0.1, 0.15) is 40.5 Å². The monoisotopic (exact) mass is 324 g/mol. The molecule has 0 unspecified atom stereocenters. The second kappa shape index (κ2) is 7.39. The van der Waals surface area contributed by atoms with Crippen LogP contribution in [0.15, 0.2) is 4.99 Å². The van der Waals surface area contributed by atoms with E-state index in [0.717, 1.165) is 38.1 Å². The molecular formula is C18H36N4O. The number of nitrogens with zero attached hydrogens (tertiary/aromatic N) is 3. The molecule has 5 nitrogen and oxygen atoms in total. The lowest BCUT2D eigenvalue weighted by molar-refractivity contribution is -0.0668. The molecule has 5 heteroatoms. The fourth-order valence-electron chi connectivity index (χ4n) is 3.57. The average Bonchev–Trinajstić information content (AvgIpc) is 2.53. The molecule has 2 aliphatic rings. The van der Waals surface area contributed by atoms with Crippen LogP contribution in [0.3, 0.4) is 0 Å². The van der Waals surface area contributed by atoms with Crippen molar-refractivity contribution in [2.24, 2.45) is 16.3 Å². The number of guanidine groups is 1. The molecule has 0 aromatic rings. The molecule has 23 heavy (non-hydrogen) atoms. The van der Waals surface area contributed by atoms with E-state index >= 15 is 0 Å². The van der Waals surface area contributed by atoms with Crippen molar-refractivity contribution in [2.75, 3.05) is 53.5 Å². The van der Waals surface area contributed by atoms with Gasteiger partial charge in [0.1, 0.15) is 0 Å². The van der Waals surface area contributed by atoms with Crippen molar-refractivity contribution in [1.29, 1.82) is 0 Å². The van der Waals surface area contributed by atoms with Crippen molar-refractivity contribution in [2.45, 2.75) is 46.1 Å². The number of ether oxygens (including phenoxy) is 1. The molecule has 0 amide bonds. The second-order valence-electron chi connectivity index (χ2n) is 8.23. The first-order chi connectivity index (χ1) is 10.8. The number of aliphatic imine (C=N–C) groups is 1. The van der Waals surface area contributed by atoms with Gasteiger partial charge in [0, 0.05) is 44.7 Å². The van der Waals surface area contributed by atoms with Crippen molar-refractivity contribution in [3.05, 3.63) is 0 Å². The van der Waals surface area contributed by atoms with Crippen LogP contribution in [0.4, 0.5) is 0 Å².